The summed E-state index contributed by atoms with van der Waals surface area (Å²) in [7, 11) is 0. The molecule has 1 atom stereocenters. The number of halogens is 1. The Hall–Kier alpha value is -1.62. The molecule has 104 valence electrons. The number of nitrogens with two attached hydrogens (primary N) is 1. The lowest BCUT2D eigenvalue weighted by Crippen LogP contribution is -2.10. The van der Waals surface area contributed by atoms with E-state index in [1.54, 1.807) is 11.3 Å². The van der Waals surface area contributed by atoms with E-state index in [-0.39, 0.29) is 6.04 Å². The highest BCUT2D eigenvalue weighted by molar-refractivity contribution is 9.11. The van der Waals surface area contributed by atoms with Crippen LogP contribution in [0.5, 0.6) is 0 Å². The van der Waals surface area contributed by atoms with Crippen LogP contribution in [-0.2, 0) is 0 Å². The fourth-order valence-electron chi connectivity index (χ4n) is 2.62. The third kappa shape index (κ3) is 2.20. The van der Waals surface area contributed by atoms with Crippen LogP contribution in [0.25, 0.3) is 21.9 Å². The number of fused-ring (bicyclic) bond motifs is 3. The summed E-state index contributed by atoms with van der Waals surface area (Å²) in [6.07, 6.45) is 0. The number of benzene rings is 2. The van der Waals surface area contributed by atoms with Crippen molar-refractivity contribution in [1.82, 2.24) is 0 Å². The maximum absolute atomic E-state index is 6.39. The Morgan fingerprint density at radius 3 is 2.57 bits per heavy atom. The van der Waals surface area contributed by atoms with Crippen molar-refractivity contribution in [3.8, 4) is 0 Å². The summed E-state index contributed by atoms with van der Waals surface area (Å²) < 4.78 is 6.95. The Labute approximate surface area is 134 Å². The van der Waals surface area contributed by atoms with Gasteiger partial charge < -0.3 is 10.2 Å². The monoisotopic (exact) mass is 357 g/mol. The van der Waals surface area contributed by atoms with Crippen LogP contribution in [0.4, 0.5) is 0 Å². The molecule has 0 saturated heterocycles. The van der Waals surface area contributed by atoms with E-state index in [4.69, 9.17) is 10.2 Å². The van der Waals surface area contributed by atoms with E-state index in [1.165, 1.54) is 0 Å². The second-order valence-electron chi connectivity index (χ2n) is 5.02. The number of thiophene rings is 1. The molecule has 21 heavy (non-hydrogen) atoms. The summed E-state index contributed by atoms with van der Waals surface area (Å²) in [4.78, 5) is 0. The largest absolute Gasteiger partial charge is 0.456 e. The Kier molecular flexibility index (Phi) is 3.10. The van der Waals surface area contributed by atoms with Gasteiger partial charge in [0, 0.05) is 10.8 Å². The highest BCUT2D eigenvalue weighted by Crippen LogP contribution is 2.33. The van der Waals surface area contributed by atoms with E-state index >= 15 is 0 Å². The average Bonchev–Trinajstić information content (AvgIpc) is 3.09. The van der Waals surface area contributed by atoms with Crippen molar-refractivity contribution in [2.24, 2.45) is 5.73 Å². The molecule has 0 amide bonds. The SMILES string of the molecule is NC(c1csc(Br)c1)c1ccc2oc3ccccc3c2c1. The zero-order valence-electron chi connectivity index (χ0n) is 11.0. The minimum atomic E-state index is -0.120. The van der Waals surface area contributed by atoms with Gasteiger partial charge in [-0.3, -0.25) is 0 Å². The third-order valence-electron chi connectivity index (χ3n) is 3.71. The van der Waals surface area contributed by atoms with Crippen LogP contribution in [-0.4, -0.2) is 0 Å². The molecule has 0 aliphatic carbocycles. The van der Waals surface area contributed by atoms with Crippen LogP contribution in [0.3, 0.4) is 0 Å². The smallest absolute Gasteiger partial charge is 0.135 e. The van der Waals surface area contributed by atoms with Crippen molar-refractivity contribution >= 4 is 49.2 Å². The van der Waals surface area contributed by atoms with Gasteiger partial charge in [-0.15, -0.1) is 11.3 Å². The molecular formula is C17H12BrNOS. The average molecular weight is 358 g/mol. The van der Waals surface area contributed by atoms with E-state index in [0.29, 0.717) is 0 Å². The first-order valence-corrected chi connectivity index (χ1v) is 8.30. The van der Waals surface area contributed by atoms with Crippen LogP contribution in [0.15, 0.2) is 62.1 Å². The Balaban J connectivity index is 1.88. The van der Waals surface area contributed by atoms with E-state index in [0.717, 1.165) is 36.9 Å². The lowest BCUT2D eigenvalue weighted by molar-refractivity contribution is 0.668. The summed E-state index contributed by atoms with van der Waals surface area (Å²) >= 11 is 5.14. The van der Waals surface area contributed by atoms with Crippen molar-refractivity contribution in [3.05, 3.63) is 68.8 Å². The molecule has 2 N–H and O–H groups in total. The van der Waals surface area contributed by atoms with Crippen molar-refractivity contribution < 1.29 is 4.42 Å². The molecule has 0 aliphatic heterocycles. The molecule has 0 fully saturated rings. The van der Waals surface area contributed by atoms with Crippen LogP contribution in [0.1, 0.15) is 17.2 Å². The minimum Gasteiger partial charge on any atom is -0.456 e. The van der Waals surface area contributed by atoms with Gasteiger partial charge in [0.2, 0.25) is 0 Å². The molecule has 1 unspecified atom stereocenters. The molecule has 0 spiro atoms. The summed E-state index contributed by atoms with van der Waals surface area (Å²) in [5.74, 6) is 0. The molecule has 2 heterocycles. The summed E-state index contributed by atoms with van der Waals surface area (Å²) in [6.45, 7) is 0. The van der Waals surface area contributed by atoms with Crippen LogP contribution >= 0.6 is 27.3 Å². The third-order valence-corrected chi connectivity index (χ3v) is 5.23. The molecule has 0 saturated carbocycles. The van der Waals surface area contributed by atoms with Gasteiger partial charge in [0.05, 0.1) is 9.83 Å². The van der Waals surface area contributed by atoms with Crippen LogP contribution in [0.2, 0.25) is 0 Å². The second-order valence-corrected chi connectivity index (χ2v) is 7.31. The molecule has 0 bridgehead atoms. The molecule has 2 nitrogen and oxygen atoms in total. The van der Waals surface area contributed by atoms with Gasteiger partial charge in [0.15, 0.2) is 0 Å². The highest BCUT2D eigenvalue weighted by Gasteiger charge is 2.13. The first kappa shape index (κ1) is 13.1. The van der Waals surface area contributed by atoms with E-state index in [2.05, 4.69) is 39.5 Å². The second kappa shape index (κ2) is 4.98. The zero-order chi connectivity index (χ0) is 14.4. The topological polar surface area (TPSA) is 39.2 Å². The first-order chi connectivity index (χ1) is 10.2. The highest BCUT2D eigenvalue weighted by atomic mass is 79.9. The maximum atomic E-state index is 6.39. The number of furan rings is 1. The predicted molar refractivity (Wildman–Crippen MR) is 91.8 cm³/mol. The summed E-state index contributed by atoms with van der Waals surface area (Å²) in [5.41, 5.74) is 10.4. The van der Waals surface area contributed by atoms with Gasteiger partial charge in [0.25, 0.3) is 0 Å². The van der Waals surface area contributed by atoms with Crippen molar-refractivity contribution in [1.29, 1.82) is 0 Å². The standard InChI is InChI=1S/C17H12BrNOS/c18-16-8-11(9-21-16)17(19)10-5-6-15-13(7-10)12-3-1-2-4-14(12)20-15/h1-9,17H,19H2. The minimum absolute atomic E-state index is 0.120. The quantitative estimate of drug-likeness (QED) is 0.517. The fourth-order valence-corrected chi connectivity index (χ4v) is 3.83. The number of para-hydroxylation sites is 1. The lowest BCUT2D eigenvalue weighted by atomic mass is 10.00. The number of hydrogen-bond acceptors (Lipinski definition) is 3. The zero-order valence-corrected chi connectivity index (χ0v) is 13.4. The normalized spacial score (nSPS) is 13.0. The van der Waals surface area contributed by atoms with Gasteiger partial charge in [-0.1, -0.05) is 24.3 Å². The van der Waals surface area contributed by atoms with Gasteiger partial charge in [-0.25, -0.2) is 0 Å². The molecule has 4 heteroatoms. The first-order valence-electron chi connectivity index (χ1n) is 6.63. The summed E-state index contributed by atoms with van der Waals surface area (Å²) in [5, 5.41) is 4.34. The lowest BCUT2D eigenvalue weighted by Gasteiger charge is -2.10. The van der Waals surface area contributed by atoms with Gasteiger partial charge in [0.1, 0.15) is 11.2 Å². The molecule has 2 aromatic carbocycles. The number of hydrogen-bond donors (Lipinski definition) is 1. The Bertz CT molecular complexity index is 940. The predicted octanol–water partition coefficient (Wildman–Crippen LogP) is 5.46. The fraction of sp³-hybridized carbons (Fsp3) is 0.0588. The van der Waals surface area contributed by atoms with Crippen molar-refractivity contribution in [3.63, 3.8) is 0 Å². The molecule has 2 aromatic heterocycles. The van der Waals surface area contributed by atoms with E-state index in [9.17, 15) is 0 Å². The Morgan fingerprint density at radius 1 is 0.952 bits per heavy atom. The molecule has 4 rings (SSSR count). The van der Waals surface area contributed by atoms with E-state index < -0.39 is 0 Å². The van der Waals surface area contributed by atoms with Crippen molar-refractivity contribution in [2.75, 3.05) is 0 Å². The molecule has 4 aromatic rings. The van der Waals surface area contributed by atoms with Crippen LogP contribution < -0.4 is 5.73 Å². The van der Waals surface area contributed by atoms with Crippen LogP contribution in [0, 0.1) is 0 Å². The van der Waals surface area contributed by atoms with Crippen molar-refractivity contribution in [2.45, 2.75) is 6.04 Å². The van der Waals surface area contributed by atoms with Gasteiger partial charge in [-0.2, -0.15) is 0 Å². The Morgan fingerprint density at radius 2 is 1.76 bits per heavy atom. The number of rotatable bonds is 2. The molecule has 0 aliphatic rings. The van der Waals surface area contributed by atoms with E-state index in [1.807, 2.05) is 30.3 Å². The summed E-state index contributed by atoms with van der Waals surface area (Å²) in [6, 6.07) is 16.2. The maximum Gasteiger partial charge on any atom is 0.135 e. The van der Waals surface area contributed by atoms with Gasteiger partial charge in [-0.05, 0) is 56.7 Å². The van der Waals surface area contributed by atoms with Gasteiger partial charge >= 0.3 is 0 Å². The molecular weight excluding hydrogens is 346 g/mol. The molecule has 0 radical (unpaired) electrons.